The summed E-state index contributed by atoms with van der Waals surface area (Å²) >= 11 is 0. The molecule has 0 saturated heterocycles. The minimum Gasteiger partial charge on any atom is -0.492 e. The summed E-state index contributed by atoms with van der Waals surface area (Å²) in [7, 11) is -3.07. The Morgan fingerprint density at radius 3 is 2.75 bits per heavy atom. The fourth-order valence-corrected chi connectivity index (χ4v) is 2.25. The smallest absolute Gasteiger partial charge is 0.248 e. The number of hydrogen-bond acceptors (Lipinski definition) is 5. The Balaban J connectivity index is 1.91. The molecule has 1 aromatic heterocycles. The maximum absolute atomic E-state index is 11.9. The lowest BCUT2D eigenvalue weighted by Crippen LogP contribution is -2.12. The van der Waals surface area contributed by atoms with E-state index in [0.29, 0.717) is 17.2 Å². The van der Waals surface area contributed by atoms with Crippen LogP contribution in [0.2, 0.25) is 0 Å². The molecule has 0 bridgehead atoms. The maximum atomic E-state index is 11.9. The fourth-order valence-electron chi connectivity index (χ4n) is 1.86. The van der Waals surface area contributed by atoms with Gasteiger partial charge in [0.15, 0.2) is 9.84 Å². The number of sulfone groups is 1. The molecule has 2 rings (SSSR count). The number of carbonyl (C=O) groups excluding carboxylic acids is 1. The van der Waals surface area contributed by atoms with E-state index < -0.39 is 9.84 Å². The van der Waals surface area contributed by atoms with Crippen LogP contribution in [-0.4, -0.2) is 32.9 Å². The van der Waals surface area contributed by atoms with Gasteiger partial charge in [0.25, 0.3) is 0 Å². The first-order valence-corrected chi connectivity index (χ1v) is 9.34. The van der Waals surface area contributed by atoms with Crippen LogP contribution in [0.1, 0.15) is 11.5 Å². The van der Waals surface area contributed by atoms with Gasteiger partial charge in [-0.25, -0.2) is 8.42 Å². The zero-order chi connectivity index (χ0) is 17.6. The normalized spacial score (nSPS) is 11.6. The summed E-state index contributed by atoms with van der Waals surface area (Å²) in [5, 5.41) is 2.70. The van der Waals surface area contributed by atoms with E-state index in [0.717, 1.165) is 12.0 Å². The molecule has 0 aliphatic rings. The van der Waals surface area contributed by atoms with Gasteiger partial charge in [-0.1, -0.05) is 6.07 Å². The van der Waals surface area contributed by atoms with Crippen molar-refractivity contribution in [3.05, 3.63) is 54.0 Å². The van der Waals surface area contributed by atoms with Crippen LogP contribution in [0.25, 0.3) is 6.08 Å². The lowest BCUT2D eigenvalue weighted by atomic mass is 10.3. The second kappa shape index (κ2) is 7.83. The van der Waals surface area contributed by atoms with Gasteiger partial charge in [-0.15, -0.1) is 0 Å². The van der Waals surface area contributed by atoms with Crippen molar-refractivity contribution in [2.24, 2.45) is 0 Å². The molecule has 1 N–H and O–H groups in total. The SMILES string of the molecule is Cc1ccc(C=CC(=O)Nc2cccc(OCCS(C)(=O)=O)c2)o1. The third-order valence-corrected chi connectivity index (χ3v) is 3.89. The second-order valence-corrected chi connectivity index (χ2v) is 7.54. The van der Waals surface area contributed by atoms with E-state index in [9.17, 15) is 13.2 Å². The summed E-state index contributed by atoms with van der Waals surface area (Å²) in [6, 6.07) is 10.3. The average molecular weight is 349 g/mol. The van der Waals surface area contributed by atoms with Crippen LogP contribution in [-0.2, 0) is 14.6 Å². The minimum atomic E-state index is -3.07. The summed E-state index contributed by atoms with van der Waals surface area (Å²) in [4.78, 5) is 11.9. The summed E-state index contributed by atoms with van der Waals surface area (Å²) in [5.41, 5.74) is 0.553. The van der Waals surface area contributed by atoms with Gasteiger partial charge in [-0.3, -0.25) is 4.79 Å². The van der Waals surface area contributed by atoms with Crippen molar-refractivity contribution >= 4 is 27.5 Å². The molecule has 0 radical (unpaired) electrons. The third kappa shape index (κ3) is 6.29. The van der Waals surface area contributed by atoms with Crippen molar-refractivity contribution in [2.75, 3.05) is 23.9 Å². The van der Waals surface area contributed by atoms with E-state index in [2.05, 4.69) is 5.32 Å². The highest BCUT2D eigenvalue weighted by Crippen LogP contribution is 2.17. The first kappa shape index (κ1) is 17.8. The van der Waals surface area contributed by atoms with Crippen LogP contribution in [0.5, 0.6) is 5.75 Å². The van der Waals surface area contributed by atoms with Gasteiger partial charge < -0.3 is 14.5 Å². The number of nitrogens with one attached hydrogen (secondary N) is 1. The molecular formula is C17H19NO5S. The standard InChI is InChI=1S/C17H19NO5S/c1-13-6-7-15(23-13)8-9-17(19)18-14-4-3-5-16(12-14)22-10-11-24(2,20)21/h3-9,12H,10-11H2,1-2H3,(H,18,19). The van der Waals surface area contributed by atoms with E-state index >= 15 is 0 Å². The van der Waals surface area contributed by atoms with E-state index in [4.69, 9.17) is 9.15 Å². The Kier molecular flexibility index (Phi) is 5.81. The molecule has 0 aliphatic heterocycles. The zero-order valence-corrected chi connectivity index (χ0v) is 14.3. The van der Waals surface area contributed by atoms with Gasteiger partial charge in [-0.05, 0) is 37.3 Å². The van der Waals surface area contributed by atoms with Crippen molar-refractivity contribution in [2.45, 2.75) is 6.92 Å². The topological polar surface area (TPSA) is 85.6 Å². The highest BCUT2D eigenvalue weighted by molar-refractivity contribution is 7.90. The lowest BCUT2D eigenvalue weighted by Gasteiger charge is -2.07. The Morgan fingerprint density at radius 1 is 1.29 bits per heavy atom. The largest absolute Gasteiger partial charge is 0.492 e. The Labute approximate surface area is 141 Å². The molecule has 2 aromatic rings. The summed E-state index contributed by atoms with van der Waals surface area (Å²) < 4.78 is 32.9. The van der Waals surface area contributed by atoms with Crippen LogP contribution >= 0.6 is 0 Å². The number of carbonyl (C=O) groups is 1. The van der Waals surface area contributed by atoms with Gasteiger partial charge >= 0.3 is 0 Å². The van der Waals surface area contributed by atoms with Crippen LogP contribution in [0.3, 0.4) is 0 Å². The summed E-state index contributed by atoms with van der Waals surface area (Å²) in [5.74, 6) is 1.49. The van der Waals surface area contributed by atoms with Crippen LogP contribution < -0.4 is 10.1 Å². The predicted octanol–water partition coefficient (Wildman–Crippen LogP) is 2.66. The highest BCUT2D eigenvalue weighted by atomic mass is 32.2. The fraction of sp³-hybridized carbons (Fsp3) is 0.235. The molecule has 1 heterocycles. The number of aryl methyl sites for hydroxylation is 1. The first-order chi connectivity index (χ1) is 11.3. The van der Waals surface area contributed by atoms with Crippen LogP contribution in [0.15, 0.2) is 46.9 Å². The van der Waals surface area contributed by atoms with Crippen LogP contribution in [0.4, 0.5) is 5.69 Å². The molecular weight excluding hydrogens is 330 g/mol. The molecule has 6 nitrogen and oxygen atoms in total. The molecule has 1 aromatic carbocycles. The molecule has 7 heteroatoms. The quantitative estimate of drug-likeness (QED) is 0.777. The van der Waals surface area contributed by atoms with Crippen molar-refractivity contribution in [1.29, 1.82) is 0 Å². The van der Waals surface area contributed by atoms with Crippen molar-refractivity contribution in [3.8, 4) is 5.75 Å². The number of rotatable bonds is 7. The molecule has 128 valence electrons. The Morgan fingerprint density at radius 2 is 2.08 bits per heavy atom. The lowest BCUT2D eigenvalue weighted by molar-refractivity contribution is -0.111. The molecule has 1 amide bonds. The number of ether oxygens (including phenoxy) is 1. The van der Waals surface area contributed by atoms with E-state index in [1.54, 1.807) is 36.4 Å². The van der Waals surface area contributed by atoms with Crippen molar-refractivity contribution in [3.63, 3.8) is 0 Å². The van der Waals surface area contributed by atoms with Gasteiger partial charge in [0, 0.05) is 24.1 Å². The Bertz CT molecular complexity index is 836. The van der Waals surface area contributed by atoms with Crippen molar-refractivity contribution < 1.29 is 22.4 Å². The number of furan rings is 1. The monoisotopic (exact) mass is 349 g/mol. The Hall–Kier alpha value is -2.54. The van der Waals surface area contributed by atoms with E-state index in [1.165, 1.54) is 6.08 Å². The number of amides is 1. The third-order valence-electron chi connectivity index (χ3n) is 2.98. The van der Waals surface area contributed by atoms with Crippen molar-refractivity contribution in [1.82, 2.24) is 0 Å². The van der Waals surface area contributed by atoms with E-state index in [-0.39, 0.29) is 18.3 Å². The predicted molar refractivity (Wildman–Crippen MR) is 92.8 cm³/mol. The highest BCUT2D eigenvalue weighted by Gasteiger charge is 2.04. The minimum absolute atomic E-state index is 0.0606. The van der Waals surface area contributed by atoms with Gasteiger partial charge in [0.05, 0.1) is 5.75 Å². The molecule has 0 fully saturated rings. The molecule has 0 aliphatic carbocycles. The van der Waals surface area contributed by atoms with Crippen LogP contribution in [0, 0.1) is 6.92 Å². The average Bonchev–Trinajstić information content (AvgIpc) is 2.90. The summed E-state index contributed by atoms with van der Waals surface area (Å²) in [6.45, 7) is 1.89. The maximum Gasteiger partial charge on any atom is 0.248 e. The summed E-state index contributed by atoms with van der Waals surface area (Å²) in [6.07, 6.45) is 4.10. The molecule has 0 saturated carbocycles. The van der Waals surface area contributed by atoms with Gasteiger partial charge in [-0.2, -0.15) is 0 Å². The second-order valence-electron chi connectivity index (χ2n) is 5.28. The van der Waals surface area contributed by atoms with E-state index in [1.807, 2.05) is 13.0 Å². The number of hydrogen-bond donors (Lipinski definition) is 1. The molecule has 0 spiro atoms. The van der Waals surface area contributed by atoms with Gasteiger partial charge in [0.1, 0.15) is 23.9 Å². The van der Waals surface area contributed by atoms with Gasteiger partial charge in [0.2, 0.25) is 5.91 Å². The first-order valence-electron chi connectivity index (χ1n) is 7.28. The molecule has 0 atom stereocenters. The molecule has 0 unspecified atom stereocenters. The number of anilines is 1. The number of benzene rings is 1. The zero-order valence-electron chi connectivity index (χ0n) is 13.5. The molecule has 24 heavy (non-hydrogen) atoms.